The van der Waals surface area contributed by atoms with Gasteiger partial charge in [0, 0.05) is 31.6 Å². The fraction of sp³-hybridized carbons (Fsp3) is 0.463. The molecule has 4 aliphatic rings. The van der Waals surface area contributed by atoms with Crippen molar-refractivity contribution >= 4 is 58.6 Å². The van der Waals surface area contributed by atoms with E-state index < -0.39 is 29.7 Å². The average molecular weight is 765 g/mol. The Morgan fingerprint density at radius 1 is 0.982 bits per heavy atom. The zero-order chi connectivity index (χ0) is 39.5. The van der Waals surface area contributed by atoms with Gasteiger partial charge in [-0.3, -0.25) is 39.0 Å². The number of nitrogens with one attached hydrogen (secondary N) is 3. The number of ether oxygens (including phenoxy) is 1. The molecule has 3 N–H and O–H groups in total. The maximum absolute atomic E-state index is 13.4. The lowest BCUT2D eigenvalue weighted by Gasteiger charge is -2.43. The predicted molar refractivity (Wildman–Crippen MR) is 208 cm³/mol. The number of anilines is 4. The van der Waals surface area contributed by atoms with Gasteiger partial charge in [0.25, 0.3) is 17.7 Å². The van der Waals surface area contributed by atoms with Crippen molar-refractivity contribution < 1.29 is 33.5 Å². The molecular weight excluding hydrogens is 716 g/mol. The highest BCUT2D eigenvalue weighted by Gasteiger charge is 2.45. The Morgan fingerprint density at radius 2 is 1.77 bits per heavy atom. The number of carbonyl (C=O) groups excluding carboxylic acids is 6. The van der Waals surface area contributed by atoms with Gasteiger partial charge in [0.05, 0.1) is 30.1 Å². The number of amides is 6. The molecule has 1 saturated carbocycles. The number of hydrogen-bond donors (Lipinski definition) is 3. The van der Waals surface area contributed by atoms with Crippen LogP contribution in [0, 0.1) is 0 Å². The molecule has 15 nitrogen and oxygen atoms in total. The highest BCUT2D eigenvalue weighted by atomic mass is 16.5. The normalized spacial score (nSPS) is 19.6. The number of likely N-dealkylation sites (N-methyl/N-ethyl adjacent to an activating group) is 1. The number of piperidine rings is 1. The molecule has 0 bridgehead atoms. The molecule has 2 aromatic carbocycles. The lowest BCUT2D eigenvalue weighted by atomic mass is 9.97. The minimum Gasteiger partial charge on any atom is -0.495 e. The number of carbonyl (C=O) groups is 6. The Morgan fingerprint density at radius 3 is 2.52 bits per heavy atom. The number of fused-ring (bicyclic) bond motifs is 2. The second-order valence-electron chi connectivity index (χ2n) is 14.8. The number of methoxy groups -OCH3 is 1. The topological polar surface area (TPSA) is 183 Å². The summed E-state index contributed by atoms with van der Waals surface area (Å²) in [4.78, 5) is 91.1. The lowest BCUT2D eigenvalue weighted by Crippen LogP contribution is -2.55. The molecule has 56 heavy (non-hydrogen) atoms. The van der Waals surface area contributed by atoms with E-state index in [1.54, 1.807) is 48.5 Å². The number of imide groups is 2. The molecule has 1 aromatic heterocycles. The van der Waals surface area contributed by atoms with Gasteiger partial charge in [-0.25, -0.2) is 4.98 Å². The Bertz CT molecular complexity index is 2060. The monoisotopic (exact) mass is 764 g/mol. The van der Waals surface area contributed by atoms with E-state index >= 15 is 0 Å². The summed E-state index contributed by atoms with van der Waals surface area (Å²) in [6.45, 7) is 2.51. The van der Waals surface area contributed by atoms with Gasteiger partial charge >= 0.3 is 0 Å². The zero-order valence-corrected chi connectivity index (χ0v) is 32.1. The van der Waals surface area contributed by atoms with Crippen LogP contribution in [0.4, 0.5) is 23.1 Å². The minimum atomic E-state index is -0.993. The lowest BCUT2D eigenvalue weighted by molar-refractivity contribution is -0.136. The van der Waals surface area contributed by atoms with Gasteiger partial charge in [-0.1, -0.05) is 44.7 Å². The van der Waals surface area contributed by atoms with Crippen LogP contribution in [0.2, 0.25) is 0 Å². The van der Waals surface area contributed by atoms with E-state index in [0.717, 1.165) is 67.6 Å². The van der Waals surface area contributed by atoms with Crippen LogP contribution in [-0.2, 0) is 20.8 Å². The first-order valence-corrected chi connectivity index (χ1v) is 19.6. The van der Waals surface area contributed by atoms with Crippen molar-refractivity contribution in [2.75, 3.05) is 35.8 Å². The molecule has 2 fully saturated rings. The Kier molecular flexibility index (Phi) is 11.3. The molecular formula is C41H48N8O7. The summed E-state index contributed by atoms with van der Waals surface area (Å²) in [5, 5.41) is 8.46. The Labute approximate surface area is 325 Å². The van der Waals surface area contributed by atoms with Crippen molar-refractivity contribution in [2.45, 2.75) is 102 Å². The molecule has 2 atom stereocenters. The van der Waals surface area contributed by atoms with Gasteiger partial charge in [0.2, 0.25) is 23.7 Å². The molecule has 15 heteroatoms. The van der Waals surface area contributed by atoms with E-state index in [-0.39, 0.29) is 42.3 Å². The third-order valence-electron chi connectivity index (χ3n) is 11.3. The van der Waals surface area contributed by atoms with Crippen LogP contribution in [0.5, 0.6) is 5.75 Å². The van der Waals surface area contributed by atoms with Crippen molar-refractivity contribution in [3.8, 4) is 5.75 Å². The van der Waals surface area contributed by atoms with Crippen LogP contribution in [0.25, 0.3) is 0 Å². The van der Waals surface area contributed by atoms with Gasteiger partial charge in [0.1, 0.15) is 23.5 Å². The molecule has 2 unspecified atom stereocenters. The summed E-state index contributed by atoms with van der Waals surface area (Å²) in [5.41, 5.74) is 3.11. The van der Waals surface area contributed by atoms with E-state index in [1.807, 2.05) is 13.0 Å². The number of unbranched alkanes of at least 4 members (excludes halogenated alkanes) is 3. The first-order valence-electron chi connectivity index (χ1n) is 19.6. The van der Waals surface area contributed by atoms with E-state index in [9.17, 15) is 28.8 Å². The van der Waals surface area contributed by atoms with Crippen LogP contribution in [0.15, 0.2) is 42.6 Å². The molecule has 6 amide bonds. The number of aromatic nitrogens is 2. The number of hydrogen-bond acceptors (Lipinski definition) is 11. The molecule has 0 radical (unpaired) electrons. The van der Waals surface area contributed by atoms with Gasteiger partial charge in [0.15, 0.2) is 5.82 Å². The minimum absolute atomic E-state index is 0.0544. The Balaban J connectivity index is 0.904. The molecule has 3 aromatic rings. The van der Waals surface area contributed by atoms with Crippen LogP contribution >= 0.6 is 0 Å². The van der Waals surface area contributed by atoms with Crippen molar-refractivity contribution in [3.63, 3.8) is 0 Å². The van der Waals surface area contributed by atoms with E-state index in [0.29, 0.717) is 53.6 Å². The zero-order valence-electron chi connectivity index (χ0n) is 32.1. The summed E-state index contributed by atoms with van der Waals surface area (Å²) >= 11 is 0. The second-order valence-corrected chi connectivity index (χ2v) is 14.8. The highest BCUT2D eigenvalue weighted by molar-refractivity contribution is 6.24. The average Bonchev–Trinajstić information content (AvgIpc) is 3.82. The highest BCUT2D eigenvalue weighted by Crippen LogP contribution is 2.40. The predicted octanol–water partition coefficient (Wildman–Crippen LogP) is 4.67. The number of aryl methyl sites for hydroxylation is 1. The van der Waals surface area contributed by atoms with Gasteiger partial charge in [-0.15, -0.1) is 0 Å². The first-order chi connectivity index (χ1) is 27.1. The fourth-order valence-electron chi connectivity index (χ4n) is 8.39. The second kappa shape index (κ2) is 16.5. The quantitative estimate of drug-likeness (QED) is 0.153. The third kappa shape index (κ3) is 7.41. The van der Waals surface area contributed by atoms with E-state index in [4.69, 9.17) is 9.72 Å². The maximum Gasteiger partial charge on any atom is 0.262 e. The molecule has 0 spiro atoms. The third-order valence-corrected chi connectivity index (χ3v) is 11.3. The van der Waals surface area contributed by atoms with Crippen molar-refractivity contribution in [2.24, 2.45) is 0 Å². The number of rotatable bonds is 14. The first kappa shape index (κ1) is 38.4. The largest absolute Gasteiger partial charge is 0.495 e. The van der Waals surface area contributed by atoms with Gasteiger partial charge in [-0.2, -0.15) is 4.98 Å². The molecule has 294 valence electrons. The maximum atomic E-state index is 13.4. The smallest absolute Gasteiger partial charge is 0.262 e. The van der Waals surface area contributed by atoms with Crippen molar-refractivity contribution in [1.29, 1.82) is 0 Å². The molecule has 3 aliphatic heterocycles. The molecule has 4 heterocycles. The summed E-state index contributed by atoms with van der Waals surface area (Å²) in [7, 11) is 3.31. The number of benzene rings is 2. The van der Waals surface area contributed by atoms with Gasteiger partial charge < -0.3 is 25.2 Å². The van der Waals surface area contributed by atoms with Crippen molar-refractivity contribution in [3.05, 3.63) is 64.8 Å². The summed E-state index contributed by atoms with van der Waals surface area (Å²) in [6, 6.07) is 9.32. The van der Waals surface area contributed by atoms with Crippen LogP contribution in [0.3, 0.4) is 0 Å². The van der Waals surface area contributed by atoms with E-state index in [2.05, 4.69) is 25.8 Å². The van der Waals surface area contributed by atoms with Crippen LogP contribution in [-0.4, -0.2) is 89.1 Å². The summed E-state index contributed by atoms with van der Waals surface area (Å²) in [6.07, 6.45) is 10.7. The number of nitrogens with zero attached hydrogens (tertiary/aromatic N) is 5. The van der Waals surface area contributed by atoms with Crippen molar-refractivity contribution in [1.82, 2.24) is 25.5 Å². The molecule has 1 saturated heterocycles. The molecule has 1 aliphatic carbocycles. The van der Waals surface area contributed by atoms with Gasteiger partial charge in [-0.05, 0) is 74.8 Å². The van der Waals surface area contributed by atoms with E-state index in [1.165, 1.54) is 7.11 Å². The fourth-order valence-corrected chi connectivity index (χ4v) is 8.39. The molecule has 7 rings (SSSR count). The Hall–Kier alpha value is -5.86. The SMILES string of the molecule is CCC1C(=O)N(C)c2cnc(Nc3ccc(C(=O)NCCCCCCc4cccc5c4C(=O)N(C4CCC(=O)NC4=O)C5=O)cc3OC)nc2N1C1CCCC1. The standard InChI is InChI=1S/C41H48N8O7/c1-4-29-39(54)47(2)31-23-43-41(46-35(31)48(29)26-14-8-9-15-26)44-28-18-17-25(22-32(28)56-3)36(51)42-21-10-6-5-7-12-24-13-11-16-27-34(24)40(55)49(38(27)53)30-19-20-33(50)45-37(30)52/h11,13,16-18,22-23,26,29-30H,4-10,12,14-15,19-21H2,1-3H3,(H,42,51)(H,43,44,46)(H,45,50,52). The van der Waals surface area contributed by atoms with Crippen LogP contribution in [0.1, 0.15) is 114 Å². The summed E-state index contributed by atoms with van der Waals surface area (Å²) in [5.74, 6) is -0.641. The summed E-state index contributed by atoms with van der Waals surface area (Å²) < 4.78 is 5.65. The van der Waals surface area contributed by atoms with Crippen LogP contribution < -0.4 is 30.5 Å².